The quantitative estimate of drug-likeness (QED) is 0.869. The maximum atomic E-state index is 12.4. The van der Waals surface area contributed by atoms with Gasteiger partial charge in [0.25, 0.3) is 5.56 Å². The second kappa shape index (κ2) is 7.85. The van der Waals surface area contributed by atoms with E-state index in [0.717, 1.165) is 25.7 Å². The Labute approximate surface area is 158 Å². The van der Waals surface area contributed by atoms with Crippen LogP contribution in [0.3, 0.4) is 0 Å². The van der Waals surface area contributed by atoms with E-state index < -0.39 is 0 Å². The predicted octanol–water partition coefficient (Wildman–Crippen LogP) is 2.60. The molecule has 2 aromatic heterocycles. The number of nitrogens with one attached hydrogen (secondary N) is 1. The van der Waals surface area contributed by atoms with Crippen LogP contribution in [0.5, 0.6) is 5.75 Å². The predicted molar refractivity (Wildman–Crippen MR) is 101 cm³/mol. The molecular formula is C19H26N4O4. The summed E-state index contributed by atoms with van der Waals surface area (Å²) in [7, 11) is 5.06. The van der Waals surface area contributed by atoms with Crippen LogP contribution in [0.25, 0.3) is 11.3 Å². The van der Waals surface area contributed by atoms with Crippen molar-refractivity contribution in [3.05, 3.63) is 33.9 Å². The molecule has 8 heteroatoms. The van der Waals surface area contributed by atoms with Crippen LogP contribution in [0.1, 0.15) is 37.1 Å². The Morgan fingerprint density at radius 1 is 1.37 bits per heavy atom. The molecule has 0 saturated heterocycles. The average Bonchev–Trinajstić information content (AvgIpc) is 3.27. The van der Waals surface area contributed by atoms with Crippen molar-refractivity contribution < 1.29 is 14.3 Å². The third-order valence-electron chi connectivity index (χ3n) is 5.20. The third-order valence-corrected chi connectivity index (χ3v) is 5.20. The van der Waals surface area contributed by atoms with Crippen LogP contribution in [0.2, 0.25) is 0 Å². The lowest BCUT2D eigenvalue weighted by Crippen LogP contribution is -2.35. The number of pyridine rings is 1. The first-order chi connectivity index (χ1) is 12.9. The van der Waals surface area contributed by atoms with E-state index in [0.29, 0.717) is 28.4 Å². The fraction of sp³-hybridized carbons (Fsp3) is 0.526. The maximum Gasteiger partial charge on any atom is 0.410 e. The molecule has 1 N–H and O–H groups in total. The maximum absolute atomic E-state index is 12.4. The van der Waals surface area contributed by atoms with Crippen molar-refractivity contribution in [3.63, 3.8) is 0 Å². The molecule has 0 aliphatic heterocycles. The number of aryl methyl sites for hydroxylation is 2. The van der Waals surface area contributed by atoms with Crippen LogP contribution in [0, 0.1) is 6.92 Å². The van der Waals surface area contributed by atoms with Crippen molar-refractivity contribution in [1.82, 2.24) is 19.7 Å². The van der Waals surface area contributed by atoms with E-state index in [2.05, 4.69) is 10.1 Å². The van der Waals surface area contributed by atoms with Crippen molar-refractivity contribution in [2.75, 3.05) is 14.2 Å². The highest BCUT2D eigenvalue weighted by Crippen LogP contribution is 2.25. The molecule has 0 aromatic carbocycles. The Balaban J connectivity index is 1.81. The lowest BCUT2D eigenvalue weighted by molar-refractivity contribution is 0.0899. The van der Waals surface area contributed by atoms with E-state index in [1.807, 2.05) is 6.92 Å². The molecule has 0 unspecified atom stereocenters. The van der Waals surface area contributed by atoms with Gasteiger partial charge in [0, 0.05) is 20.1 Å². The van der Waals surface area contributed by atoms with Gasteiger partial charge in [0.05, 0.1) is 29.8 Å². The minimum atomic E-state index is -0.375. The molecule has 0 radical (unpaired) electrons. The third kappa shape index (κ3) is 3.84. The summed E-state index contributed by atoms with van der Waals surface area (Å²) in [6, 6.07) is 3.73. The van der Waals surface area contributed by atoms with E-state index in [4.69, 9.17) is 9.47 Å². The van der Waals surface area contributed by atoms with E-state index in [9.17, 15) is 9.59 Å². The van der Waals surface area contributed by atoms with Gasteiger partial charge in [0.2, 0.25) is 0 Å². The van der Waals surface area contributed by atoms with Gasteiger partial charge in [0.15, 0.2) is 0 Å². The van der Waals surface area contributed by atoms with Crippen LogP contribution in [0.15, 0.2) is 16.9 Å². The van der Waals surface area contributed by atoms with E-state index in [-0.39, 0.29) is 24.3 Å². The summed E-state index contributed by atoms with van der Waals surface area (Å²) in [6.07, 6.45) is 3.92. The fourth-order valence-corrected chi connectivity index (χ4v) is 3.58. The summed E-state index contributed by atoms with van der Waals surface area (Å²) in [5, 5.41) is 2.72. The van der Waals surface area contributed by atoms with Crippen molar-refractivity contribution in [2.24, 2.45) is 7.05 Å². The summed E-state index contributed by atoms with van der Waals surface area (Å²) in [5.41, 5.74) is 1.90. The number of hydrogen-bond donors (Lipinski definition) is 1. The molecule has 1 saturated carbocycles. The van der Waals surface area contributed by atoms with Crippen molar-refractivity contribution >= 4 is 6.09 Å². The summed E-state index contributed by atoms with van der Waals surface area (Å²) in [5.74, 6) is 0.650. The number of ether oxygens (including phenoxy) is 2. The molecule has 0 bridgehead atoms. The van der Waals surface area contributed by atoms with E-state index in [1.165, 1.54) is 0 Å². The highest BCUT2D eigenvalue weighted by molar-refractivity contribution is 5.68. The Kier molecular flexibility index (Phi) is 5.53. The van der Waals surface area contributed by atoms with Crippen LogP contribution >= 0.6 is 0 Å². The van der Waals surface area contributed by atoms with Gasteiger partial charge in [-0.05, 0) is 31.9 Å². The number of carbonyl (C=O) groups is 1. The molecule has 3 rings (SSSR count). The molecule has 2 aromatic rings. The zero-order valence-corrected chi connectivity index (χ0v) is 16.2. The number of nitrogens with zero attached hydrogens (tertiary/aromatic N) is 3. The number of hydrogen-bond acceptors (Lipinski definition) is 5. The number of H-pyrrole nitrogens is 1. The topological polar surface area (TPSA) is 89.5 Å². The van der Waals surface area contributed by atoms with Crippen molar-refractivity contribution in [1.29, 1.82) is 0 Å². The zero-order valence-electron chi connectivity index (χ0n) is 16.2. The van der Waals surface area contributed by atoms with Crippen LogP contribution < -0.4 is 10.3 Å². The SMILES string of the molecule is COc1ccc(-c2c(COC(=O)N(C)C3CCCC3)n(C)[nH]c2=O)nc1C. The molecular weight excluding hydrogens is 348 g/mol. The Morgan fingerprint density at radius 3 is 2.70 bits per heavy atom. The molecule has 1 amide bonds. The number of aromatic nitrogens is 3. The summed E-state index contributed by atoms with van der Waals surface area (Å²) in [4.78, 5) is 30.9. The van der Waals surface area contributed by atoms with Gasteiger partial charge in [-0.15, -0.1) is 0 Å². The van der Waals surface area contributed by atoms with Gasteiger partial charge in [0.1, 0.15) is 12.4 Å². The van der Waals surface area contributed by atoms with Crippen LogP contribution in [0.4, 0.5) is 4.79 Å². The normalized spacial score (nSPS) is 14.4. The van der Waals surface area contributed by atoms with Gasteiger partial charge < -0.3 is 14.4 Å². The summed E-state index contributed by atoms with van der Waals surface area (Å²) < 4.78 is 12.3. The minimum absolute atomic E-state index is 0.00672. The number of amides is 1. The molecule has 27 heavy (non-hydrogen) atoms. The Hall–Kier alpha value is -2.77. The fourth-order valence-electron chi connectivity index (χ4n) is 3.58. The van der Waals surface area contributed by atoms with Crippen molar-refractivity contribution in [3.8, 4) is 17.0 Å². The van der Waals surface area contributed by atoms with Gasteiger partial charge >= 0.3 is 6.09 Å². The number of aromatic amines is 1. The Bertz CT molecular complexity index is 880. The monoisotopic (exact) mass is 374 g/mol. The van der Waals surface area contributed by atoms with Gasteiger partial charge in [-0.1, -0.05) is 12.8 Å². The van der Waals surface area contributed by atoms with E-state index >= 15 is 0 Å². The largest absolute Gasteiger partial charge is 0.495 e. The average molecular weight is 374 g/mol. The molecule has 0 atom stereocenters. The number of methoxy groups -OCH3 is 1. The molecule has 1 aliphatic carbocycles. The lowest BCUT2D eigenvalue weighted by atomic mass is 10.1. The second-order valence-electron chi connectivity index (χ2n) is 6.91. The summed E-state index contributed by atoms with van der Waals surface area (Å²) >= 11 is 0. The molecule has 1 aliphatic rings. The highest BCUT2D eigenvalue weighted by atomic mass is 16.6. The highest BCUT2D eigenvalue weighted by Gasteiger charge is 2.25. The standard InChI is InChI=1S/C19H26N4O4/c1-12-16(26-4)10-9-14(20-12)17-15(23(3)21-18(17)24)11-27-19(25)22(2)13-7-5-6-8-13/h9-10,13H,5-8,11H2,1-4H3,(H,21,24). The zero-order chi connectivity index (χ0) is 19.6. The molecule has 1 fully saturated rings. The smallest absolute Gasteiger partial charge is 0.410 e. The Morgan fingerprint density at radius 2 is 2.07 bits per heavy atom. The first-order valence-electron chi connectivity index (χ1n) is 9.11. The van der Waals surface area contributed by atoms with Crippen molar-refractivity contribution in [2.45, 2.75) is 45.3 Å². The van der Waals surface area contributed by atoms with Gasteiger partial charge in [-0.3, -0.25) is 14.6 Å². The summed E-state index contributed by atoms with van der Waals surface area (Å²) in [6.45, 7) is 1.81. The molecule has 0 spiro atoms. The minimum Gasteiger partial charge on any atom is -0.495 e. The second-order valence-corrected chi connectivity index (χ2v) is 6.91. The van der Waals surface area contributed by atoms with Gasteiger partial charge in [-0.2, -0.15) is 0 Å². The first kappa shape index (κ1) is 19.0. The lowest BCUT2D eigenvalue weighted by Gasteiger charge is -2.23. The van der Waals surface area contributed by atoms with E-state index in [1.54, 1.807) is 42.9 Å². The van der Waals surface area contributed by atoms with Gasteiger partial charge in [-0.25, -0.2) is 9.78 Å². The molecule has 146 valence electrons. The first-order valence-corrected chi connectivity index (χ1v) is 9.11. The van der Waals surface area contributed by atoms with Crippen LogP contribution in [-0.4, -0.2) is 46.0 Å². The molecule has 8 nitrogen and oxygen atoms in total. The number of carbonyl (C=O) groups excluding carboxylic acids is 1. The van der Waals surface area contributed by atoms with Crippen LogP contribution in [-0.2, 0) is 18.4 Å². The molecule has 2 heterocycles. The number of rotatable bonds is 5.